The number of benzene rings is 3. The first-order valence-corrected chi connectivity index (χ1v) is 11.2. The molecule has 1 saturated heterocycles. The van der Waals surface area contributed by atoms with Gasteiger partial charge in [-0.3, -0.25) is 4.90 Å². The van der Waals surface area contributed by atoms with Gasteiger partial charge in [0.25, 0.3) is 0 Å². The zero-order valence-corrected chi connectivity index (χ0v) is 18.9. The molecule has 1 heterocycles. The second kappa shape index (κ2) is 10.6. The van der Waals surface area contributed by atoms with Crippen molar-refractivity contribution in [1.82, 2.24) is 15.1 Å². The molecule has 0 unspecified atom stereocenters. The van der Waals surface area contributed by atoms with Crippen molar-refractivity contribution in [1.29, 1.82) is 0 Å². The van der Waals surface area contributed by atoms with Crippen LogP contribution in [-0.2, 0) is 6.54 Å². The van der Waals surface area contributed by atoms with Crippen LogP contribution in [0.25, 0.3) is 11.1 Å². The smallest absolute Gasteiger partial charge is 0.126 e. The molecule has 0 saturated carbocycles. The molecule has 4 rings (SSSR count). The second-order valence-corrected chi connectivity index (χ2v) is 8.45. The molecule has 3 aromatic carbocycles. The van der Waals surface area contributed by atoms with Crippen LogP contribution in [0, 0.1) is 11.6 Å². The molecule has 0 aromatic heterocycles. The molecular weight excluding hydrogens is 418 g/mol. The molecule has 0 radical (unpaired) electrons. The minimum Gasteiger partial charge on any atom is -0.342 e. The summed E-state index contributed by atoms with van der Waals surface area (Å²) >= 11 is 0. The molecule has 2 N–H and O–H groups in total. The van der Waals surface area contributed by atoms with E-state index < -0.39 is 11.6 Å². The summed E-state index contributed by atoms with van der Waals surface area (Å²) < 4.78 is 27.1. The van der Waals surface area contributed by atoms with Crippen LogP contribution in [0.2, 0.25) is 0 Å². The van der Waals surface area contributed by atoms with Crippen LogP contribution in [0.15, 0.2) is 85.2 Å². The van der Waals surface area contributed by atoms with Crippen molar-refractivity contribution in [2.45, 2.75) is 19.0 Å². The number of halogens is 2. The fraction of sp³-hybridized carbons (Fsp3) is 0.259. The number of hydrogen-bond acceptors (Lipinski definition) is 4. The predicted molar refractivity (Wildman–Crippen MR) is 130 cm³/mol. The van der Waals surface area contributed by atoms with Crippen molar-refractivity contribution in [3.05, 3.63) is 102 Å². The van der Waals surface area contributed by atoms with Crippen LogP contribution in [0.5, 0.6) is 0 Å². The van der Waals surface area contributed by atoms with Gasteiger partial charge in [-0.2, -0.15) is 0 Å². The van der Waals surface area contributed by atoms with Gasteiger partial charge in [0.05, 0.1) is 12.5 Å². The van der Waals surface area contributed by atoms with Gasteiger partial charge >= 0.3 is 0 Å². The number of anilines is 1. The van der Waals surface area contributed by atoms with Crippen molar-refractivity contribution < 1.29 is 8.78 Å². The molecule has 6 heteroatoms. The third-order valence-corrected chi connectivity index (χ3v) is 5.98. The van der Waals surface area contributed by atoms with Gasteiger partial charge in [-0.05, 0) is 54.4 Å². The summed E-state index contributed by atoms with van der Waals surface area (Å²) in [4.78, 5) is 4.74. The summed E-state index contributed by atoms with van der Waals surface area (Å²) in [5, 5.41) is 6.65. The topological polar surface area (TPSA) is 30.5 Å². The number of nitrogens with one attached hydrogen (secondary N) is 2. The number of likely N-dealkylation sites (tertiary alicyclic amines) is 1. The van der Waals surface area contributed by atoms with Crippen LogP contribution < -0.4 is 10.6 Å². The van der Waals surface area contributed by atoms with Crippen LogP contribution in [0.4, 0.5) is 14.5 Å². The fourth-order valence-electron chi connectivity index (χ4n) is 4.37. The minimum absolute atomic E-state index is 0.357. The maximum absolute atomic E-state index is 13.5. The van der Waals surface area contributed by atoms with Crippen LogP contribution in [0.1, 0.15) is 12.0 Å². The molecule has 1 aliphatic heterocycles. The Labute approximate surface area is 194 Å². The Kier molecular flexibility index (Phi) is 7.37. The van der Waals surface area contributed by atoms with Gasteiger partial charge in [0.1, 0.15) is 11.6 Å². The number of rotatable bonds is 9. The van der Waals surface area contributed by atoms with E-state index in [1.807, 2.05) is 37.4 Å². The lowest BCUT2D eigenvalue weighted by Gasteiger charge is -2.33. The highest BCUT2D eigenvalue weighted by molar-refractivity contribution is 5.66. The van der Waals surface area contributed by atoms with E-state index in [-0.39, 0.29) is 0 Å². The van der Waals surface area contributed by atoms with Gasteiger partial charge in [-0.25, -0.2) is 8.78 Å². The first-order valence-electron chi connectivity index (χ1n) is 11.2. The van der Waals surface area contributed by atoms with E-state index in [1.54, 1.807) is 0 Å². The fourth-order valence-corrected chi connectivity index (χ4v) is 4.37. The molecule has 1 atom stereocenters. The molecule has 0 amide bonds. The monoisotopic (exact) mass is 448 g/mol. The zero-order chi connectivity index (χ0) is 23.2. The van der Waals surface area contributed by atoms with E-state index in [2.05, 4.69) is 51.3 Å². The molecule has 1 fully saturated rings. The third kappa shape index (κ3) is 5.97. The summed E-state index contributed by atoms with van der Waals surface area (Å²) in [6.07, 6.45) is 1.07. The van der Waals surface area contributed by atoms with Gasteiger partial charge in [-0.15, -0.1) is 0 Å². The van der Waals surface area contributed by atoms with Crippen LogP contribution in [-0.4, -0.2) is 42.6 Å². The minimum atomic E-state index is -0.582. The first-order chi connectivity index (χ1) is 16.0. The van der Waals surface area contributed by atoms with E-state index >= 15 is 0 Å². The summed E-state index contributed by atoms with van der Waals surface area (Å²) in [5.41, 5.74) is 3.47. The SMILES string of the molecule is C=C(Nc1ccc(-c2cc(F)cc(F)c2)cc1)N(CNC)[C@@H]1CCN(Cc2ccccc2)C1. The number of nitrogens with zero attached hydrogens (tertiary/aromatic N) is 2. The number of hydrogen-bond donors (Lipinski definition) is 2. The molecule has 33 heavy (non-hydrogen) atoms. The summed E-state index contributed by atoms with van der Waals surface area (Å²) in [6.45, 7) is 7.95. The van der Waals surface area contributed by atoms with Crippen molar-refractivity contribution in [3.63, 3.8) is 0 Å². The molecule has 172 valence electrons. The van der Waals surface area contributed by atoms with Gasteiger partial charge in [-0.1, -0.05) is 49.0 Å². The van der Waals surface area contributed by atoms with Crippen LogP contribution >= 0.6 is 0 Å². The normalized spacial score (nSPS) is 16.0. The van der Waals surface area contributed by atoms with Crippen molar-refractivity contribution >= 4 is 5.69 Å². The van der Waals surface area contributed by atoms with E-state index in [0.29, 0.717) is 18.3 Å². The van der Waals surface area contributed by atoms with E-state index in [4.69, 9.17) is 0 Å². The summed E-state index contributed by atoms with van der Waals surface area (Å²) in [5.74, 6) is -0.345. The van der Waals surface area contributed by atoms with Crippen molar-refractivity contribution in [2.24, 2.45) is 0 Å². The van der Waals surface area contributed by atoms with Gasteiger partial charge in [0, 0.05) is 37.4 Å². The summed E-state index contributed by atoms with van der Waals surface area (Å²) in [6, 6.07) is 21.9. The molecule has 0 bridgehead atoms. The highest BCUT2D eigenvalue weighted by Crippen LogP contribution is 2.25. The lowest BCUT2D eigenvalue weighted by Crippen LogP contribution is -2.43. The maximum Gasteiger partial charge on any atom is 0.126 e. The highest BCUT2D eigenvalue weighted by Gasteiger charge is 2.28. The van der Waals surface area contributed by atoms with E-state index in [9.17, 15) is 8.78 Å². The average Bonchev–Trinajstić information content (AvgIpc) is 3.26. The standard InChI is InChI=1S/C27H30F2N4/c1-20(31-26-10-8-22(9-11-26)23-14-24(28)16-25(29)15-23)33(19-30-2)27-12-13-32(18-27)17-21-6-4-3-5-7-21/h3-11,14-16,27,30-31H,1,12-13,17-19H2,2H3/t27-/m1/s1. The van der Waals surface area contributed by atoms with Crippen LogP contribution in [0.3, 0.4) is 0 Å². The van der Waals surface area contributed by atoms with Gasteiger partial charge in [0.15, 0.2) is 0 Å². The Balaban J connectivity index is 1.39. The molecular formula is C27H30F2N4. The third-order valence-electron chi connectivity index (χ3n) is 5.98. The summed E-state index contributed by atoms with van der Waals surface area (Å²) in [7, 11) is 1.93. The molecule has 0 aliphatic carbocycles. The first kappa shape index (κ1) is 23.0. The highest BCUT2D eigenvalue weighted by atomic mass is 19.1. The molecule has 1 aliphatic rings. The Morgan fingerprint density at radius 3 is 2.36 bits per heavy atom. The molecule has 3 aromatic rings. The Bertz CT molecular complexity index is 1050. The molecule has 0 spiro atoms. The Morgan fingerprint density at radius 2 is 1.70 bits per heavy atom. The van der Waals surface area contributed by atoms with Crippen molar-refractivity contribution in [2.75, 3.05) is 32.1 Å². The molecule has 4 nitrogen and oxygen atoms in total. The van der Waals surface area contributed by atoms with Gasteiger partial charge in [0.2, 0.25) is 0 Å². The lowest BCUT2D eigenvalue weighted by molar-refractivity contribution is 0.231. The van der Waals surface area contributed by atoms with E-state index in [1.165, 1.54) is 17.7 Å². The largest absolute Gasteiger partial charge is 0.342 e. The second-order valence-electron chi connectivity index (χ2n) is 8.45. The average molecular weight is 449 g/mol. The van der Waals surface area contributed by atoms with E-state index in [0.717, 1.165) is 49.2 Å². The lowest BCUT2D eigenvalue weighted by atomic mass is 10.1. The Morgan fingerprint density at radius 1 is 1.00 bits per heavy atom. The quantitative estimate of drug-likeness (QED) is 0.437. The van der Waals surface area contributed by atoms with Gasteiger partial charge < -0.3 is 15.5 Å². The maximum atomic E-state index is 13.5. The Hall–Kier alpha value is -3.22. The zero-order valence-electron chi connectivity index (χ0n) is 18.9. The van der Waals surface area contributed by atoms with Crippen molar-refractivity contribution in [3.8, 4) is 11.1 Å². The predicted octanol–water partition coefficient (Wildman–Crippen LogP) is 5.27.